The highest BCUT2D eigenvalue weighted by atomic mass is 16.3. The van der Waals surface area contributed by atoms with Crippen molar-refractivity contribution in [2.45, 2.75) is 20.0 Å². The first kappa shape index (κ1) is 12.8. The van der Waals surface area contributed by atoms with Crippen LogP contribution in [0.4, 0.5) is 0 Å². The molecule has 0 saturated carbocycles. The largest absolute Gasteiger partial charge is 0.449 e. The van der Waals surface area contributed by atoms with Gasteiger partial charge in [0.25, 0.3) is 0 Å². The van der Waals surface area contributed by atoms with E-state index in [0.717, 1.165) is 30.0 Å². The van der Waals surface area contributed by atoms with Crippen LogP contribution in [0.25, 0.3) is 10.9 Å². The van der Waals surface area contributed by atoms with E-state index in [2.05, 4.69) is 40.1 Å². The van der Waals surface area contributed by atoms with Crippen molar-refractivity contribution in [1.82, 2.24) is 14.9 Å². The van der Waals surface area contributed by atoms with E-state index in [-0.39, 0.29) is 0 Å². The number of rotatable bonds is 4. The lowest BCUT2D eigenvalue weighted by molar-refractivity contribution is 0.311. The van der Waals surface area contributed by atoms with E-state index < -0.39 is 0 Å². The summed E-state index contributed by atoms with van der Waals surface area (Å²) in [5.74, 6) is 0.706. The van der Waals surface area contributed by atoms with E-state index in [0.29, 0.717) is 5.89 Å². The number of fused-ring (bicyclic) bond motifs is 1. The predicted octanol–water partition coefficient (Wildman–Crippen LogP) is 3.16. The van der Waals surface area contributed by atoms with Gasteiger partial charge in [0.15, 0.2) is 5.89 Å². The van der Waals surface area contributed by atoms with E-state index in [9.17, 15) is 0 Å². The molecule has 0 radical (unpaired) electrons. The van der Waals surface area contributed by atoms with Crippen molar-refractivity contribution in [3.8, 4) is 0 Å². The number of benzene rings is 1. The monoisotopic (exact) mass is 267 g/mol. The van der Waals surface area contributed by atoms with Crippen LogP contribution >= 0.6 is 0 Å². The molecule has 20 heavy (non-hydrogen) atoms. The fourth-order valence-corrected chi connectivity index (χ4v) is 2.29. The lowest BCUT2D eigenvalue weighted by Gasteiger charge is -2.14. The highest BCUT2D eigenvalue weighted by Crippen LogP contribution is 2.13. The van der Waals surface area contributed by atoms with Crippen LogP contribution in [0.3, 0.4) is 0 Å². The minimum atomic E-state index is 0.706. The van der Waals surface area contributed by atoms with Gasteiger partial charge in [0.05, 0.1) is 16.9 Å². The van der Waals surface area contributed by atoms with Gasteiger partial charge in [-0.2, -0.15) is 0 Å². The lowest BCUT2D eigenvalue weighted by Crippen LogP contribution is -2.18. The molecule has 0 aliphatic rings. The number of hydrogen-bond acceptors (Lipinski definition) is 4. The number of aryl methyl sites for hydroxylation is 1. The molecule has 3 aromatic rings. The standard InChI is InChI=1S/C16H17N3O/c1-12-17-15(11-20-12)10-19(2)9-14-8-7-13-5-3-4-6-16(13)18-14/h3-8,11H,9-10H2,1-2H3. The van der Waals surface area contributed by atoms with Gasteiger partial charge in [-0.25, -0.2) is 4.98 Å². The molecule has 0 saturated heterocycles. The minimum Gasteiger partial charge on any atom is -0.449 e. The Labute approximate surface area is 118 Å². The molecule has 4 nitrogen and oxygen atoms in total. The van der Waals surface area contributed by atoms with Crippen LogP contribution in [-0.2, 0) is 13.1 Å². The molecule has 0 fully saturated rings. The van der Waals surface area contributed by atoms with Crippen LogP contribution in [-0.4, -0.2) is 21.9 Å². The van der Waals surface area contributed by atoms with Crippen LogP contribution < -0.4 is 0 Å². The molecular formula is C16H17N3O. The highest BCUT2D eigenvalue weighted by Gasteiger charge is 2.06. The second-order valence-corrected chi connectivity index (χ2v) is 5.03. The maximum atomic E-state index is 5.22. The topological polar surface area (TPSA) is 42.2 Å². The van der Waals surface area contributed by atoms with E-state index in [4.69, 9.17) is 4.42 Å². The van der Waals surface area contributed by atoms with Gasteiger partial charge in [0.1, 0.15) is 6.26 Å². The molecule has 2 aromatic heterocycles. The number of para-hydroxylation sites is 1. The fraction of sp³-hybridized carbons (Fsp3) is 0.250. The molecule has 0 atom stereocenters. The predicted molar refractivity (Wildman–Crippen MR) is 78.2 cm³/mol. The number of aromatic nitrogens is 2. The van der Waals surface area contributed by atoms with Crippen molar-refractivity contribution >= 4 is 10.9 Å². The normalized spacial score (nSPS) is 11.3. The molecule has 2 heterocycles. The Morgan fingerprint density at radius 2 is 1.80 bits per heavy atom. The molecule has 0 unspecified atom stereocenters. The van der Waals surface area contributed by atoms with Crippen molar-refractivity contribution < 1.29 is 4.42 Å². The summed E-state index contributed by atoms with van der Waals surface area (Å²) in [5, 5.41) is 1.17. The molecule has 0 N–H and O–H groups in total. The SMILES string of the molecule is Cc1nc(CN(C)Cc2ccc3ccccc3n2)co1. The molecule has 0 aliphatic carbocycles. The van der Waals surface area contributed by atoms with Gasteiger partial charge in [-0.3, -0.25) is 9.88 Å². The van der Waals surface area contributed by atoms with Crippen molar-refractivity contribution in [2.75, 3.05) is 7.05 Å². The second-order valence-electron chi connectivity index (χ2n) is 5.03. The van der Waals surface area contributed by atoms with Crippen LogP contribution in [0.5, 0.6) is 0 Å². The minimum absolute atomic E-state index is 0.706. The molecule has 0 spiro atoms. The zero-order valence-corrected chi connectivity index (χ0v) is 11.7. The zero-order valence-electron chi connectivity index (χ0n) is 11.7. The van der Waals surface area contributed by atoms with Gasteiger partial charge in [-0.15, -0.1) is 0 Å². The number of hydrogen-bond donors (Lipinski definition) is 0. The van der Waals surface area contributed by atoms with Gasteiger partial charge in [-0.05, 0) is 19.2 Å². The molecular weight excluding hydrogens is 250 g/mol. The summed E-state index contributed by atoms with van der Waals surface area (Å²) in [5.41, 5.74) is 3.05. The summed E-state index contributed by atoms with van der Waals surface area (Å²) >= 11 is 0. The summed E-state index contributed by atoms with van der Waals surface area (Å²) in [6.45, 7) is 3.40. The van der Waals surface area contributed by atoms with Crippen molar-refractivity contribution in [3.63, 3.8) is 0 Å². The number of oxazole rings is 1. The number of nitrogens with zero attached hydrogens (tertiary/aromatic N) is 3. The van der Waals surface area contributed by atoms with Crippen LogP contribution in [0.15, 0.2) is 47.1 Å². The van der Waals surface area contributed by atoms with Gasteiger partial charge < -0.3 is 4.42 Å². The molecule has 3 rings (SSSR count). The van der Waals surface area contributed by atoms with Crippen LogP contribution in [0.1, 0.15) is 17.3 Å². The smallest absolute Gasteiger partial charge is 0.191 e. The summed E-state index contributed by atoms with van der Waals surface area (Å²) in [4.78, 5) is 11.2. The molecule has 0 aliphatic heterocycles. The Hall–Kier alpha value is -2.20. The van der Waals surface area contributed by atoms with Crippen LogP contribution in [0.2, 0.25) is 0 Å². The first-order valence-corrected chi connectivity index (χ1v) is 6.65. The van der Waals surface area contributed by atoms with E-state index in [1.807, 2.05) is 25.1 Å². The quantitative estimate of drug-likeness (QED) is 0.728. The zero-order chi connectivity index (χ0) is 13.9. The summed E-state index contributed by atoms with van der Waals surface area (Å²) in [7, 11) is 2.06. The van der Waals surface area contributed by atoms with E-state index >= 15 is 0 Å². The molecule has 1 aromatic carbocycles. The lowest BCUT2D eigenvalue weighted by atomic mass is 10.2. The Morgan fingerprint density at radius 3 is 2.60 bits per heavy atom. The first-order chi connectivity index (χ1) is 9.70. The van der Waals surface area contributed by atoms with Crippen molar-refractivity contribution in [1.29, 1.82) is 0 Å². The van der Waals surface area contributed by atoms with Crippen LogP contribution in [0, 0.1) is 6.92 Å². The third-order valence-electron chi connectivity index (χ3n) is 3.19. The van der Waals surface area contributed by atoms with Gasteiger partial charge in [0, 0.05) is 25.4 Å². The van der Waals surface area contributed by atoms with Gasteiger partial charge in [0.2, 0.25) is 0 Å². The van der Waals surface area contributed by atoms with Gasteiger partial charge in [-0.1, -0.05) is 24.3 Å². The van der Waals surface area contributed by atoms with E-state index in [1.165, 1.54) is 5.39 Å². The fourth-order valence-electron chi connectivity index (χ4n) is 2.29. The maximum Gasteiger partial charge on any atom is 0.191 e. The second kappa shape index (κ2) is 5.43. The molecule has 0 bridgehead atoms. The molecule has 102 valence electrons. The van der Waals surface area contributed by atoms with Crippen molar-refractivity contribution in [2.24, 2.45) is 0 Å². The third kappa shape index (κ3) is 2.86. The third-order valence-corrected chi connectivity index (χ3v) is 3.19. The van der Waals surface area contributed by atoms with Gasteiger partial charge >= 0.3 is 0 Å². The Balaban J connectivity index is 1.72. The average Bonchev–Trinajstić information content (AvgIpc) is 2.83. The first-order valence-electron chi connectivity index (χ1n) is 6.65. The Bertz CT molecular complexity index is 720. The summed E-state index contributed by atoms with van der Waals surface area (Å²) < 4.78 is 5.22. The summed E-state index contributed by atoms with van der Waals surface area (Å²) in [6, 6.07) is 12.4. The highest BCUT2D eigenvalue weighted by molar-refractivity contribution is 5.78. The summed E-state index contributed by atoms with van der Waals surface area (Å²) in [6.07, 6.45) is 1.71. The Morgan fingerprint density at radius 1 is 1.00 bits per heavy atom. The maximum absolute atomic E-state index is 5.22. The average molecular weight is 267 g/mol. The molecule has 4 heteroatoms. The van der Waals surface area contributed by atoms with E-state index in [1.54, 1.807) is 6.26 Å². The molecule has 0 amide bonds. The van der Waals surface area contributed by atoms with Crippen molar-refractivity contribution in [3.05, 3.63) is 59.9 Å². The Kier molecular flexibility index (Phi) is 3.48. The number of pyridine rings is 1.